The summed E-state index contributed by atoms with van der Waals surface area (Å²) in [5.41, 5.74) is 6.33. The highest BCUT2D eigenvalue weighted by Crippen LogP contribution is 2.44. The van der Waals surface area contributed by atoms with Crippen LogP contribution in [0.15, 0.2) is 59.9 Å². The van der Waals surface area contributed by atoms with Crippen LogP contribution in [0, 0.1) is 6.92 Å². The highest BCUT2D eigenvalue weighted by atomic mass is 16.4. The summed E-state index contributed by atoms with van der Waals surface area (Å²) in [6.45, 7) is 3.72. The first-order valence-electron chi connectivity index (χ1n) is 9.76. The van der Waals surface area contributed by atoms with Crippen molar-refractivity contribution in [3.05, 3.63) is 71.7 Å². The van der Waals surface area contributed by atoms with E-state index in [1.54, 1.807) is 6.92 Å². The number of rotatable bonds is 4. The van der Waals surface area contributed by atoms with E-state index in [1.807, 2.05) is 54.2 Å². The van der Waals surface area contributed by atoms with Crippen molar-refractivity contribution < 1.29 is 5.21 Å². The maximum Gasteiger partial charge on any atom is 0.154 e. The summed E-state index contributed by atoms with van der Waals surface area (Å²) in [5, 5.41) is 18.2. The molecule has 6 heteroatoms. The molecule has 1 fully saturated rings. The molecule has 1 N–H and O–H groups in total. The normalized spacial score (nSPS) is 14.5. The molecule has 0 aliphatic heterocycles. The molecule has 0 radical (unpaired) electrons. The lowest BCUT2D eigenvalue weighted by molar-refractivity contribution is 0.319. The van der Waals surface area contributed by atoms with Crippen molar-refractivity contribution in [2.24, 2.45) is 5.16 Å². The van der Waals surface area contributed by atoms with E-state index in [1.165, 1.54) is 23.8 Å². The quantitative estimate of drug-likeness (QED) is 0.310. The highest BCUT2D eigenvalue weighted by molar-refractivity contribution is 5.97. The zero-order valence-electron chi connectivity index (χ0n) is 16.4. The smallest absolute Gasteiger partial charge is 0.154 e. The molecule has 144 valence electrons. The van der Waals surface area contributed by atoms with Crippen molar-refractivity contribution in [3.63, 3.8) is 0 Å². The Bertz CT molecular complexity index is 1250. The van der Waals surface area contributed by atoms with Crippen molar-refractivity contribution >= 4 is 16.6 Å². The summed E-state index contributed by atoms with van der Waals surface area (Å²) < 4.78 is 1.90. The summed E-state index contributed by atoms with van der Waals surface area (Å²) in [7, 11) is 0. The number of fused-ring (bicyclic) bond motifs is 1. The van der Waals surface area contributed by atoms with E-state index in [-0.39, 0.29) is 0 Å². The summed E-state index contributed by atoms with van der Waals surface area (Å²) in [4.78, 5) is 9.35. The number of hydrogen-bond donors (Lipinski definition) is 1. The van der Waals surface area contributed by atoms with E-state index in [0.717, 1.165) is 28.3 Å². The first-order chi connectivity index (χ1) is 14.1. The number of aryl methyl sites for hydroxylation is 1. The Balaban J connectivity index is 1.72. The van der Waals surface area contributed by atoms with Crippen molar-refractivity contribution in [2.45, 2.75) is 32.6 Å². The van der Waals surface area contributed by atoms with Crippen LogP contribution in [0.25, 0.3) is 28.0 Å². The summed E-state index contributed by atoms with van der Waals surface area (Å²) in [6, 6.07) is 16.1. The van der Waals surface area contributed by atoms with Gasteiger partial charge in [0.15, 0.2) is 5.82 Å². The lowest BCUT2D eigenvalue weighted by atomic mass is 10.00. The van der Waals surface area contributed by atoms with Gasteiger partial charge < -0.3 is 5.21 Å². The first kappa shape index (κ1) is 17.6. The maximum absolute atomic E-state index is 9.10. The Morgan fingerprint density at radius 3 is 2.69 bits per heavy atom. The number of oxime groups is 1. The van der Waals surface area contributed by atoms with Crippen LogP contribution in [0.2, 0.25) is 0 Å². The van der Waals surface area contributed by atoms with Gasteiger partial charge in [-0.2, -0.15) is 5.10 Å². The second-order valence-corrected chi connectivity index (χ2v) is 7.56. The Morgan fingerprint density at radius 2 is 1.93 bits per heavy atom. The van der Waals surface area contributed by atoms with Gasteiger partial charge in [0.25, 0.3) is 0 Å². The predicted octanol–water partition coefficient (Wildman–Crippen LogP) is 4.87. The van der Waals surface area contributed by atoms with Crippen molar-refractivity contribution in [3.8, 4) is 17.1 Å². The van der Waals surface area contributed by atoms with Gasteiger partial charge in [-0.05, 0) is 74.6 Å². The minimum absolute atomic E-state index is 0.490. The van der Waals surface area contributed by atoms with Gasteiger partial charge in [0.1, 0.15) is 5.71 Å². The van der Waals surface area contributed by atoms with E-state index < -0.39 is 0 Å². The van der Waals surface area contributed by atoms with Crippen LogP contribution in [0.1, 0.15) is 42.6 Å². The lowest BCUT2D eigenvalue weighted by Gasteiger charge is -2.10. The van der Waals surface area contributed by atoms with Gasteiger partial charge >= 0.3 is 0 Å². The molecule has 1 aliphatic carbocycles. The molecule has 0 unspecified atom stereocenters. The molecule has 5 rings (SSSR count). The molecule has 1 aliphatic rings. The number of aromatic nitrogens is 4. The van der Waals surface area contributed by atoms with Crippen LogP contribution in [0.5, 0.6) is 0 Å². The number of nitrogens with zero attached hydrogens (tertiary/aromatic N) is 5. The Hall–Kier alpha value is -3.54. The van der Waals surface area contributed by atoms with Crippen LogP contribution in [0.3, 0.4) is 0 Å². The molecule has 0 saturated heterocycles. The largest absolute Gasteiger partial charge is 0.411 e. The monoisotopic (exact) mass is 383 g/mol. The van der Waals surface area contributed by atoms with Gasteiger partial charge in [-0.1, -0.05) is 17.3 Å². The zero-order valence-corrected chi connectivity index (χ0v) is 16.4. The third-order valence-electron chi connectivity index (χ3n) is 5.39. The second-order valence-electron chi connectivity index (χ2n) is 7.56. The lowest BCUT2D eigenvalue weighted by Crippen LogP contribution is -2.01. The molecular formula is C23H21N5O. The van der Waals surface area contributed by atoms with Crippen molar-refractivity contribution in [1.29, 1.82) is 0 Å². The van der Waals surface area contributed by atoms with Crippen LogP contribution in [0.4, 0.5) is 0 Å². The Labute approximate surface area is 168 Å². The number of benzene rings is 1. The predicted molar refractivity (Wildman–Crippen MR) is 113 cm³/mol. The van der Waals surface area contributed by atoms with E-state index in [0.29, 0.717) is 17.3 Å². The van der Waals surface area contributed by atoms with E-state index in [9.17, 15) is 0 Å². The molecule has 0 spiro atoms. The number of pyridine rings is 2. The zero-order chi connectivity index (χ0) is 20.0. The van der Waals surface area contributed by atoms with Gasteiger partial charge in [-0.25, -0.2) is 14.6 Å². The first-order valence-corrected chi connectivity index (χ1v) is 9.76. The Morgan fingerprint density at radius 1 is 1.10 bits per heavy atom. The third-order valence-corrected chi connectivity index (χ3v) is 5.39. The topological polar surface area (TPSA) is 76.2 Å². The van der Waals surface area contributed by atoms with Crippen LogP contribution in [-0.2, 0) is 0 Å². The van der Waals surface area contributed by atoms with Gasteiger partial charge in [0.2, 0.25) is 0 Å². The fourth-order valence-corrected chi connectivity index (χ4v) is 3.71. The number of hydrogen-bond acceptors (Lipinski definition) is 5. The van der Waals surface area contributed by atoms with Crippen molar-refractivity contribution in [1.82, 2.24) is 19.7 Å². The summed E-state index contributed by atoms with van der Waals surface area (Å²) in [5.74, 6) is 1.38. The molecule has 3 aromatic heterocycles. The van der Waals surface area contributed by atoms with E-state index >= 15 is 0 Å². The van der Waals surface area contributed by atoms with Gasteiger partial charge in [-0.15, -0.1) is 0 Å². The fourth-order valence-electron chi connectivity index (χ4n) is 3.71. The van der Waals surface area contributed by atoms with Gasteiger partial charge in [0, 0.05) is 16.6 Å². The standard InChI is InChI=1S/C23H21N5O/c1-14-5-3-8-23(25-14)28-22-12-17(11-18(16-9-10-16)19(22)13-24-28)21-7-4-6-20(26-21)15(2)27-29/h3-8,11-13,16,29H,9-10H2,1-2H3. The van der Waals surface area contributed by atoms with Crippen LogP contribution in [-0.4, -0.2) is 30.7 Å². The van der Waals surface area contributed by atoms with Crippen molar-refractivity contribution in [2.75, 3.05) is 0 Å². The van der Waals surface area contributed by atoms with Gasteiger partial charge in [-0.3, -0.25) is 0 Å². The SMILES string of the molecule is CC(=NO)c1cccc(-c2cc(C3CC3)c3cnn(-c4cccc(C)n4)c3c2)n1. The van der Waals surface area contributed by atoms with Gasteiger partial charge in [0.05, 0.1) is 23.1 Å². The van der Waals surface area contributed by atoms with Crippen LogP contribution < -0.4 is 0 Å². The minimum Gasteiger partial charge on any atom is -0.411 e. The minimum atomic E-state index is 0.490. The molecule has 4 aromatic rings. The molecule has 3 heterocycles. The molecular weight excluding hydrogens is 362 g/mol. The summed E-state index contributed by atoms with van der Waals surface area (Å²) in [6.07, 6.45) is 4.36. The van der Waals surface area contributed by atoms with E-state index in [2.05, 4.69) is 27.4 Å². The van der Waals surface area contributed by atoms with E-state index in [4.69, 9.17) is 10.2 Å². The highest BCUT2D eigenvalue weighted by Gasteiger charge is 2.27. The third kappa shape index (κ3) is 3.16. The average Bonchev–Trinajstić information content (AvgIpc) is 3.51. The maximum atomic E-state index is 9.10. The molecule has 1 aromatic carbocycles. The molecule has 0 atom stereocenters. The molecule has 1 saturated carbocycles. The molecule has 29 heavy (non-hydrogen) atoms. The average molecular weight is 383 g/mol. The molecule has 6 nitrogen and oxygen atoms in total. The molecule has 0 bridgehead atoms. The Kier molecular flexibility index (Phi) is 4.12. The fraction of sp³-hybridized carbons (Fsp3) is 0.217. The molecule has 0 amide bonds. The second kappa shape index (κ2) is 6.81. The summed E-state index contributed by atoms with van der Waals surface area (Å²) >= 11 is 0. The van der Waals surface area contributed by atoms with Crippen LogP contribution >= 0.6 is 0 Å².